The van der Waals surface area contributed by atoms with Gasteiger partial charge in [0.25, 0.3) is 0 Å². The third-order valence-electron chi connectivity index (χ3n) is 5.33. The Hall–Kier alpha value is -2.89. The highest BCUT2D eigenvalue weighted by Crippen LogP contribution is 2.21. The molecule has 9 N–H and O–H groups in total. The molecular formula is C19H35N7O5. The van der Waals surface area contributed by atoms with E-state index >= 15 is 0 Å². The highest BCUT2D eigenvalue weighted by molar-refractivity contribution is 5.94. The van der Waals surface area contributed by atoms with Crippen LogP contribution in [0, 0.1) is 5.92 Å². The minimum Gasteiger partial charge on any atom is -0.480 e. The van der Waals surface area contributed by atoms with Crippen molar-refractivity contribution in [1.82, 2.24) is 15.5 Å². The summed E-state index contributed by atoms with van der Waals surface area (Å²) in [6.07, 6.45) is 2.52. The Kier molecular flexibility index (Phi) is 10.7. The maximum atomic E-state index is 13.2. The number of rotatable bonds is 12. The van der Waals surface area contributed by atoms with Crippen molar-refractivity contribution in [3.8, 4) is 0 Å². The summed E-state index contributed by atoms with van der Waals surface area (Å²) in [5, 5.41) is 13.8. The second-order valence-corrected chi connectivity index (χ2v) is 7.73. The molecule has 31 heavy (non-hydrogen) atoms. The van der Waals surface area contributed by atoms with Gasteiger partial charge in [0.15, 0.2) is 5.96 Å². The number of guanidine groups is 1. The second kappa shape index (κ2) is 12.7. The van der Waals surface area contributed by atoms with Gasteiger partial charge in [0.1, 0.15) is 18.6 Å². The average molecular weight is 442 g/mol. The zero-order chi connectivity index (χ0) is 23.6. The normalized spacial score (nSPS) is 18.5. The molecule has 0 bridgehead atoms. The summed E-state index contributed by atoms with van der Waals surface area (Å²) in [6, 6.07) is -2.43. The number of hydrogen-bond acceptors (Lipinski definition) is 6. The number of likely N-dealkylation sites (tertiary alicyclic amines) is 1. The van der Waals surface area contributed by atoms with Gasteiger partial charge in [0.05, 0.1) is 6.04 Å². The Bertz CT molecular complexity index is 681. The van der Waals surface area contributed by atoms with Crippen LogP contribution in [0.3, 0.4) is 0 Å². The molecule has 1 aliphatic rings. The third kappa shape index (κ3) is 8.40. The number of nitrogens with two attached hydrogens (primary N) is 3. The van der Waals surface area contributed by atoms with Crippen LogP contribution in [0.25, 0.3) is 0 Å². The van der Waals surface area contributed by atoms with E-state index in [0.717, 1.165) is 0 Å². The highest BCUT2D eigenvalue weighted by Gasteiger charge is 2.39. The van der Waals surface area contributed by atoms with Crippen LogP contribution >= 0.6 is 0 Å². The van der Waals surface area contributed by atoms with Crippen molar-refractivity contribution in [3.05, 3.63) is 0 Å². The van der Waals surface area contributed by atoms with Crippen molar-refractivity contribution in [2.45, 2.75) is 64.1 Å². The van der Waals surface area contributed by atoms with E-state index < -0.39 is 42.5 Å². The number of hydrogen-bond donors (Lipinski definition) is 6. The van der Waals surface area contributed by atoms with Gasteiger partial charge in [-0.1, -0.05) is 20.3 Å². The number of carbonyl (C=O) groups is 4. The molecule has 12 nitrogen and oxygen atoms in total. The summed E-state index contributed by atoms with van der Waals surface area (Å²) in [5.74, 6) is -2.74. The largest absolute Gasteiger partial charge is 0.480 e. The Labute approximate surface area is 182 Å². The highest BCUT2D eigenvalue weighted by atomic mass is 16.4. The average Bonchev–Trinajstić information content (AvgIpc) is 3.21. The molecule has 0 aliphatic carbocycles. The molecule has 0 radical (unpaired) electrons. The quantitative estimate of drug-likeness (QED) is 0.114. The maximum Gasteiger partial charge on any atom is 0.322 e. The maximum absolute atomic E-state index is 13.2. The van der Waals surface area contributed by atoms with E-state index in [1.54, 1.807) is 0 Å². The molecule has 4 atom stereocenters. The van der Waals surface area contributed by atoms with E-state index in [0.29, 0.717) is 45.2 Å². The fraction of sp³-hybridized carbons (Fsp3) is 0.737. The molecule has 1 fully saturated rings. The number of amides is 3. The zero-order valence-corrected chi connectivity index (χ0v) is 18.2. The van der Waals surface area contributed by atoms with Crippen LogP contribution in [0.4, 0.5) is 0 Å². The van der Waals surface area contributed by atoms with Crippen molar-refractivity contribution in [2.75, 3.05) is 19.6 Å². The first kappa shape index (κ1) is 26.1. The van der Waals surface area contributed by atoms with Gasteiger partial charge in [-0.15, -0.1) is 0 Å². The number of carboxylic acid groups (broad SMARTS) is 1. The van der Waals surface area contributed by atoms with Crippen molar-refractivity contribution in [1.29, 1.82) is 0 Å². The molecule has 3 amide bonds. The smallest absolute Gasteiger partial charge is 0.322 e. The minimum absolute atomic E-state index is 0.0342. The summed E-state index contributed by atoms with van der Waals surface area (Å²) >= 11 is 0. The molecule has 1 rings (SSSR count). The Morgan fingerprint density at radius 1 is 1.26 bits per heavy atom. The van der Waals surface area contributed by atoms with Gasteiger partial charge in [-0.2, -0.15) is 0 Å². The first-order chi connectivity index (χ1) is 14.6. The van der Waals surface area contributed by atoms with Crippen LogP contribution in [0.5, 0.6) is 0 Å². The molecule has 0 aromatic carbocycles. The fourth-order valence-corrected chi connectivity index (χ4v) is 3.36. The molecule has 1 heterocycles. The minimum atomic E-state index is -1.16. The third-order valence-corrected chi connectivity index (χ3v) is 5.33. The number of aliphatic carboxylic acids is 1. The Balaban J connectivity index is 2.80. The number of carboxylic acids is 1. The first-order valence-corrected chi connectivity index (χ1v) is 10.5. The molecule has 0 spiro atoms. The Morgan fingerprint density at radius 2 is 1.94 bits per heavy atom. The van der Waals surface area contributed by atoms with Gasteiger partial charge >= 0.3 is 5.97 Å². The van der Waals surface area contributed by atoms with Gasteiger partial charge in [-0.25, -0.2) is 0 Å². The van der Waals surface area contributed by atoms with Crippen molar-refractivity contribution in [2.24, 2.45) is 28.1 Å². The van der Waals surface area contributed by atoms with Crippen LogP contribution in [-0.2, 0) is 19.2 Å². The lowest BCUT2D eigenvalue weighted by atomic mass is 9.96. The predicted molar refractivity (Wildman–Crippen MR) is 115 cm³/mol. The van der Waals surface area contributed by atoms with E-state index in [2.05, 4.69) is 15.6 Å². The van der Waals surface area contributed by atoms with Crippen molar-refractivity contribution >= 4 is 29.7 Å². The van der Waals surface area contributed by atoms with Crippen LogP contribution in [-0.4, -0.2) is 77.4 Å². The number of nitrogens with zero attached hydrogens (tertiary/aromatic N) is 2. The van der Waals surface area contributed by atoms with E-state index in [1.807, 2.05) is 13.8 Å². The first-order valence-electron chi connectivity index (χ1n) is 10.5. The zero-order valence-electron chi connectivity index (χ0n) is 18.2. The van der Waals surface area contributed by atoms with Crippen LogP contribution in [0.15, 0.2) is 4.99 Å². The topological polar surface area (TPSA) is 206 Å². The van der Waals surface area contributed by atoms with Crippen LogP contribution < -0.4 is 27.8 Å². The van der Waals surface area contributed by atoms with Gasteiger partial charge in [0.2, 0.25) is 17.7 Å². The fourth-order valence-electron chi connectivity index (χ4n) is 3.36. The van der Waals surface area contributed by atoms with Gasteiger partial charge in [0, 0.05) is 13.1 Å². The molecule has 12 heteroatoms. The van der Waals surface area contributed by atoms with Gasteiger partial charge in [-0.05, 0) is 31.6 Å². The molecule has 176 valence electrons. The van der Waals surface area contributed by atoms with Crippen molar-refractivity contribution in [3.63, 3.8) is 0 Å². The summed E-state index contributed by atoms with van der Waals surface area (Å²) in [6.45, 7) is 3.92. The number of nitrogens with one attached hydrogen (secondary N) is 2. The monoisotopic (exact) mass is 441 g/mol. The second-order valence-electron chi connectivity index (χ2n) is 7.73. The standard InChI is InChI=1S/C19H35N7O5/c1-3-11(2)15(25-16(29)12(20)6-4-8-23-19(21)22)18(31)26-9-5-7-13(26)17(30)24-10-14(27)28/h11-13,15H,3-10,20H2,1-2H3,(H,24,30)(H,25,29)(H,27,28)(H4,21,22,23). The predicted octanol–water partition coefficient (Wildman–Crippen LogP) is -1.91. The summed E-state index contributed by atoms with van der Waals surface area (Å²) in [5.41, 5.74) is 16.5. The van der Waals surface area contributed by atoms with Gasteiger partial charge in [-0.3, -0.25) is 24.2 Å². The molecule has 0 saturated carbocycles. The molecule has 4 unspecified atom stereocenters. The van der Waals surface area contributed by atoms with Gasteiger partial charge < -0.3 is 37.8 Å². The van der Waals surface area contributed by atoms with E-state index in [-0.39, 0.29) is 17.8 Å². The van der Waals surface area contributed by atoms with Crippen LogP contribution in [0.2, 0.25) is 0 Å². The van der Waals surface area contributed by atoms with E-state index in [9.17, 15) is 19.2 Å². The van der Waals surface area contributed by atoms with E-state index in [1.165, 1.54) is 4.90 Å². The SMILES string of the molecule is CCC(C)C(NC(=O)C(N)CCCN=C(N)N)C(=O)N1CCCC1C(=O)NCC(=O)O. The lowest BCUT2D eigenvalue weighted by molar-refractivity contribution is -0.143. The lowest BCUT2D eigenvalue weighted by Crippen LogP contribution is -2.57. The summed E-state index contributed by atoms with van der Waals surface area (Å²) in [4.78, 5) is 54.1. The summed E-state index contributed by atoms with van der Waals surface area (Å²) < 4.78 is 0. The number of aliphatic imine (C=N–C) groups is 1. The van der Waals surface area contributed by atoms with E-state index in [4.69, 9.17) is 22.3 Å². The molecule has 0 aromatic heterocycles. The van der Waals surface area contributed by atoms with Crippen molar-refractivity contribution < 1.29 is 24.3 Å². The van der Waals surface area contributed by atoms with Crippen LogP contribution in [0.1, 0.15) is 46.0 Å². The lowest BCUT2D eigenvalue weighted by Gasteiger charge is -2.31. The molecule has 0 aromatic rings. The number of carbonyl (C=O) groups excluding carboxylic acids is 3. The molecule has 1 aliphatic heterocycles. The summed E-state index contributed by atoms with van der Waals surface area (Å²) in [7, 11) is 0. The Morgan fingerprint density at radius 3 is 2.52 bits per heavy atom. The molecule has 1 saturated heterocycles. The molecular weight excluding hydrogens is 406 g/mol.